The number of hydrogen-bond donors (Lipinski definition) is 1. The van der Waals surface area contributed by atoms with Crippen molar-refractivity contribution in [2.75, 3.05) is 0 Å². The molecule has 5 heteroatoms. The molecule has 0 unspecified atom stereocenters. The largest absolute Gasteiger partial charge is 0.318 e. The number of benzene rings is 2. The third-order valence-electron chi connectivity index (χ3n) is 2.29. The molecule has 2 rings (SSSR count). The van der Waals surface area contributed by atoms with E-state index < -0.39 is 11.0 Å². The van der Waals surface area contributed by atoms with Gasteiger partial charge in [0, 0.05) is 11.1 Å². The molecule has 0 aliphatic carbocycles. The summed E-state index contributed by atoms with van der Waals surface area (Å²) >= 11 is 0. The van der Waals surface area contributed by atoms with Crippen molar-refractivity contribution < 1.29 is 12.7 Å². The molecule has 0 atom stereocenters. The predicted molar refractivity (Wildman–Crippen MR) is 69.9 cm³/mol. The lowest BCUT2D eigenvalue weighted by atomic mass is 10.0. The molecule has 0 heterocycles. The van der Waals surface area contributed by atoms with Crippen LogP contribution in [0.1, 0.15) is 11.1 Å². The second kappa shape index (κ2) is 5.97. The smallest absolute Gasteiger partial charge is 0.270 e. The molecule has 0 radical (unpaired) electrons. The standard InChI is InChI=1S/C13H11NO3S/c15-18(16)17-14-13(11-7-3-1-4-8-11)12-9-5-2-6-10-12/h1-10,18H. The highest BCUT2D eigenvalue weighted by molar-refractivity contribution is 7.67. The van der Waals surface area contributed by atoms with Gasteiger partial charge in [-0.15, -0.1) is 0 Å². The van der Waals surface area contributed by atoms with E-state index in [0.717, 1.165) is 11.1 Å². The summed E-state index contributed by atoms with van der Waals surface area (Å²) in [5, 5.41) is 3.68. The summed E-state index contributed by atoms with van der Waals surface area (Å²) < 4.78 is 25.3. The van der Waals surface area contributed by atoms with E-state index in [1.165, 1.54) is 0 Å². The number of rotatable bonds is 4. The van der Waals surface area contributed by atoms with E-state index in [9.17, 15) is 8.42 Å². The highest BCUT2D eigenvalue weighted by Crippen LogP contribution is 2.11. The first-order chi connectivity index (χ1) is 8.77. The van der Waals surface area contributed by atoms with Gasteiger partial charge in [0.2, 0.25) is 0 Å². The van der Waals surface area contributed by atoms with E-state index in [0.29, 0.717) is 5.71 Å². The fourth-order valence-corrected chi connectivity index (χ4v) is 1.69. The quantitative estimate of drug-likeness (QED) is 0.520. The van der Waals surface area contributed by atoms with Gasteiger partial charge in [-0.1, -0.05) is 65.8 Å². The molecular weight excluding hydrogens is 250 g/mol. The van der Waals surface area contributed by atoms with Gasteiger partial charge in [0.25, 0.3) is 0 Å². The Kier molecular flexibility index (Phi) is 4.09. The summed E-state index contributed by atoms with van der Waals surface area (Å²) in [6, 6.07) is 18.5. The van der Waals surface area contributed by atoms with Gasteiger partial charge in [-0.05, 0) is 0 Å². The van der Waals surface area contributed by atoms with Crippen molar-refractivity contribution in [2.24, 2.45) is 5.16 Å². The molecule has 0 aliphatic rings. The van der Waals surface area contributed by atoms with Crippen LogP contribution in [0.25, 0.3) is 0 Å². The molecule has 2 aromatic carbocycles. The maximum absolute atomic E-state index is 10.5. The number of nitrogens with zero attached hydrogens (tertiary/aromatic N) is 1. The molecule has 0 spiro atoms. The monoisotopic (exact) mass is 261 g/mol. The van der Waals surface area contributed by atoms with E-state index in [2.05, 4.69) is 9.44 Å². The molecule has 92 valence electrons. The summed E-state index contributed by atoms with van der Waals surface area (Å²) in [5.74, 6) is 0. The maximum atomic E-state index is 10.5. The minimum absolute atomic E-state index is 0.482. The molecule has 0 N–H and O–H groups in total. The van der Waals surface area contributed by atoms with E-state index in [-0.39, 0.29) is 0 Å². The Morgan fingerprint density at radius 1 is 0.833 bits per heavy atom. The molecule has 0 amide bonds. The van der Waals surface area contributed by atoms with E-state index in [4.69, 9.17) is 0 Å². The Labute approximate surface area is 107 Å². The molecule has 0 saturated carbocycles. The first-order valence-corrected chi connectivity index (χ1v) is 6.37. The normalized spacial score (nSPS) is 10.1. The summed E-state index contributed by atoms with van der Waals surface area (Å²) in [5.41, 5.74) is 2.07. The molecular formula is C13H11NO3S. The van der Waals surface area contributed by atoms with Crippen LogP contribution < -0.4 is 0 Å². The Balaban J connectivity index is 2.45. The van der Waals surface area contributed by atoms with Crippen molar-refractivity contribution >= 4 is 16.7 Å². The second-order valence-corrected chi connectivity index (χ2v) is 4.09. The lowest BCUT2D eigenvalue weighted by Gasteiger charge is -2.04. The number of hydrogen-bond acceptors (Lipinski definition) is 4. The Morgan fingerprint density at radius 2 is 1.28 bits per heavy atom. The lowest BCUT2D eigenvalue weighted by Crippen LogP contribution is -2.03. The van der Waals surface area contributed by atoms with Gasteiger partial charge in [-0.2, -0.15) is 8.42 Å². The van der Waals surface area contributed by atoms with Crippen LogP contribution in [0.5, 0.6) is 0 Å². The van der Waals surface area contributed by atoms with Crippen molar-refractivity contribution in [1.82, 2.24) is 0 Å². The Morgan fingerprint density at radius 3 is 1.67 bits per heavy atom. The van der Waals surface area contributed by atoms with Gasteiger partial charge in [0.1, 0.15) is 5.71 Å². The van der Waals surface area contributed by atoms with Gasteiger partial charge in [-0.25, -0.2) is 0 Å². The van der Waals surface area contributed by atoms with E-state index in [1.54, 1.807) is 0 Å². The molecule has 0 saturated heterocycles. The summed E-state index contributed by atoms with van der Waals surface area (Å²) in [4.78, 5) is 0. The SMILES string of the molecule is O=[SH](=O)ON=C(c1ccccc1)c1ccccc1. The average molecular weight is 261 g/mol. The fraction of sp³-hybridized carbons (Fsp3) is 0. The predicted octanol–water partition coefficient (Wildman–Crippen LogP) is 1.98. The third kappa shape index (κ3) is 3.18. The minimum atomic E-state index is -3.00. The van der Waals surface area contributed by atoms with Crippen molar-refractivity contribution in [3.05, 3.63) is 71.8 Å². The Bertz CT molecular complexity index is 557. The summed E-state index contributed by atoms with van der Waals surface area (Å²) in [6.07, 6.45) is 0. The van der Waals surface area contributed by atoms with Crippen LogP contribution in [-0.4, -0.2) is 14.1 Å². The Hall–Kier alpha value is -2.14. The van der Waals surface area contributed by atoms with E-state index >= 15 is 0 Å². The van der Waals surface area contributed by atoms with Crippen LogP contribution in [0.3, 0.4) is 0 Å². The summed E-state index contributed by atoms with van der Waals surface area (Å²) in [6.45, 7) is 0. The average Bonchev–Trinajstić information content (AvgIpc) is 2.41. The first-order valence-electron chi connectivity index (χ1n) is 5.28. The van der Waals surface area contributed by atoms with Gasteiger partial charge in [-0.3, -0.25) is 4.28 Å². The van der Waals surface area contributed by atoms with Crippen LogP contribution in [0.2, 0.25) is 0 Å². The zero-order valence-corrected chi connectivity index (χ0v) is 10.3. The van der Waals surface area contributed by atoms with Crippen molar-refractivity contribution in [2.45, 2.75) is 0 Å². The maximum Gasteiger partial charge on any atom is 0.318 e. The molecule has 0 aliphatic heterocycles. The first kappa shape index (κ1) is 12.3. The highest BCUT2D eigenvalue weighted by Gasteiger charge is 2.07. The zero-order chi connectivity index (χ0) is 12.8. The topological polar surface area (TPSA) is 55.7 Å². The van der Waals surface area contributed by atoms with Gasteiger partial charge >= 0.3 is 11.0 Å². The molecule has 2 aromatic rings. The van der Waals surface area contributed by atoms with Gasteiger partial charge < -0.3 is 0 Å². The zero-order valence-electron chi connectivity index (χ0n) is 9.39. The fourth-order valence-electron chi connectivity index (χ4n) is 1.54. The number of oxime groups is 1. The van der Waals surface area contributed by atoms with Crippen LogP contribution in [0, 0.1) is 0 Å². The molecule has 18 heavy (non-hydrogen) atoms. The van der Waals surface area contributed by atoms with Crippen LogP contribution >= 0.6 is 0 Å². The van der Waals surface area contributed by atoms with Crippen molar-refractivity contribution in [3.8, 4) is 0 Å². The van der Waals surface area contributed by atoms with Crippen LogP contribution in [0.15, 0.2) is 65.8 Å². The van der Waals surface area contributed by atoms with Crippen molar-refractivity contribution in [3.63, 3.8) is 0 Å². The van der Waals surface area contributed by atoms with Gasteiger partial charge in [0.15, 0.2) is 0 Å². The molecule has 0 bridgehead atoms. The molecule has 0 fully saturated rings. The molecule has 4 nitrogen and oxygen atoms in total. The minimum Gasteiger partial charge on any atom is -0.270 e. The van der Waals surface area contributed by atoms with E-state index in [1.807, 2.05) is 60.7 Å². The lowest BCUT2D eigenvalue weighted by molar-refractivity contribution is 0.356. The number of thiol groups is 1. The summed E-state index contributed by atoms with van der Waals surface area (Å²) in [7, 11) is -3.00. The van der Waals surface area contributed by atoms with Crippen molar-refractivity contribution in [1.29, 1.82) is 0 Å². The van der Waals surface area contributed by atoms with Crippen LogP contribution in [-0.2, 0) is 15.3 Å². The molecule has 0 aromatic heterocycles. The third-order valence-corrected chi connectivity index (χ3v) is 2.51. The second-order valence-electron chi connectivity index (χ2n) is 3.48. The van der Waals surface area contributed by atoms with Gasteiger partial charge in [0.05, 0.1) is 0 Å². The highest BCUT2D eigenvalue weighted by atomic mass is 32.2. The van der Waals surface area contributed by atoms with Crippen LogP contribution in [0.4, 0.5) is 0 Å².